The van der Waals surface area contributed by atoms with Crippen LogP contribution in [0.4, 0.5) is 5.82 Å². The summed E-state index contributed by atoms with van der Waals surface area (Å²) in [5, 5.41) is 3.84. The Morgan fingerprint density at radius 3 is 2.67 bits per heavy atom. The zero-order valence-corrected chi connectivity index (χ0v) is 15.3. The Kier molecular flexibility index (Phi) is 3.98. The van der Waals surface area contributed by atoms with Gasteiger partial charge in [-0.3, -0.25) is 4.79 Å². The van der Waals surface area contributed by atoms with Crippen LogP contribution in [0.15, 0.2) is 28.9 Å². The first kappa shape index (κ1) is 15.9. The molecule has 3 aromatic rings. The number of hydrogen-bond donors (Lipinski definition) is 2. The SMILES string of the molecule is O=C(Nc1ncc(Br)c2[nH]c(-c3c(Cl)cccc3Cl)nc12)C1CC1. The number of H-pyrrole nitrogens is 1. The van der Waals surface area contributed by atoms with Crippen molar-refractivity contribution in [3.05, 3.63) is 38.9 Å². The van der Waals surface area contributed by atoms with Crippen LogP contribution < -0.4 is 5.32 Å². The smallest absolute Gasteiger partial charge is 0.228 e. The van der Waals surface area contributed by atoms with Crippen LogP contribution in [-0.4, -0.2) is 20.9 Å². The number of aromatic amines is 1. The molecule has 0 atom stereocenters. The highest BCUT2D eigenvalue weighted by Gasteiger charge is 2.30. The van der Waals surface area contributed by atoms with Crippen molar-refractivity contribution in [1.29, 1.82) is 0 Å². The predicted molar refractivity (Wildman–Crippen MR) is 98.4 cm³/mol. The van der Waals surface area contributed by atoms with E-state index in [2.05, 4.69) is 36.2 Å². The van der Waals surface area contributed by atoms with Gasteiger partial charge in [-0.1, -0.05) is 29.3 Å². The van der Waals surface area contributed by atoms with Crippen molar-refractivity contribution >= 4 is 61.9 Å². The Labute approximate surface area is 155 Å². The van der Waals surface area contributed by atoms with Crippen molar-refractivity contribution in [2.75, 3.05) is 5.32 Å². The average Bonchev–Trinajstić information content (AvgIpc) is 3.30. The minimum Gasteiger partial charge on any atom is -0.337 e. The van der Waals surface area contributed by atoms with E-state index >= 15 is 0 Å². The van der Waals surface area contributed by atoms with Gasteiger partial charge in [-0.05, 0) is 40.9 Å². The van der Waals surface area contributed by atoms with E-state index in [9.17, 15) is 4.79 Å². The van der Waals surface area contributed by atoms with Gasteiger partial charge in [0.15, 0.2) is 5.82 Å². The summed E-state index contributed by atoms with van der Waals surface area (Å²) in [5.74, 6) is 1.01. The summed E-state index contributed by atoms with van der Waals surface area (Å²) >= 11 is 16.0. The highest BCUT2D eigenvalue weighted by atomic mass is 79.9. The van der Waals surface area contributed by atoms with Crippen molar-refractivity contribution in [2.45, 2.75) is 12.8 Å². The molecule has 0 unspecified atom stereocenters. The monoisotopic (exact) mass is 424 g/mol. The zero-order chi connectivity index (χ0) is 16.8. The highest BCUT2D eigenvalue weighted by molar-refractivity contribution is 9.10. The molecule has 1 aromatic carbocycles. The number of anilines is 1. The van der Waals surface area contributed by atoms with Crippen LogP contribution in [0.1, 0.15) is 12.8 Å². The lowest BCUT2D eigenvalue weighted by Gasteiger charge is -2.04. The van der Waals surface area contributed by atoms with Crippen LogP contribution in [0, 0.1) is 5.92 Å². The van der Waals surface area contributed by atoms with Crippen molar-refractivity contribution in [3.63, 3.8) is 0 Å². The predicted octanol–water partition coefficient (Wildman–Crippen LogP) is 5.04. The molecule has 1 saturated carbocycles. The maximum Gasteiger partial charge on any atom is 0.228 e. The molecule has 0 aliphatic heterocycles. The summed E-state index contributed by atoms with van der Waals surface area (Å²) in [4.78, 5) is 24.1. The maximum absolute atomic E-state index is 12.0. The van der Waals surface area contributed by atoms with Gasteiger partial charge >= 0.3 is 0 Å². The van der Waals surface area contributed by atoms with Gasteiger partial charge in [-0.15, -0.1) is 0 Å². The molecule has 1 aliphatic carbocycles. The number of rotatable bonds is 3. The third-order valence-corrected chi connectivity index (χ3v) is 5.09. The molecule has 8 heteroatoms. The van der Waals surface area contributed by atoms with Crippen LogP contribution in [0.25, 0.3) is 22.4 Å². The van der Waals surface area contributed by atoms with Gasteiger partial charge in [-0.25, -0.2) is 9.97 Å². The number of halogens is 3. The van der Waals surface area contributed by atoms with Gasteiger partial charge in [0.1, 0.15) is 11.3 Å². The zero-order valence-electron chi connectivity index (χ0n) is 12.2. The number of amides is 1. The van der Waals surface area contributed by atoms with Crippen LogP contribution in [0.2, 0.25) is 10.0 Å². The molecule has 0 spiro atoms. The number of imidazole rings is 1. The Hall–Kier alpha value is -1.63. The molecule has 1 aliphatic rings. The number of carbonyl (C=O) groups excluding carboxylic acids is 1. The first-order valence-electron chi connectivity index (χ1n) is 7.34. The number of nitrogens with zero attached hydrogens (tertiary/aromatic N) is 2. The molecule has 2 aromatic heterocycles. The van der Waals surface area contributed by atoms with Crippen LogP contribution >= 0.6 is 39.1 Å². The fourth-order valence-electron chi connectivity index (χ4n) is 2.46. The van der Waals surface area contributed by atoms with Crippen LogP contribution in [0.5, 0.6) is 0 Å². The highest BCUT2D eigenvalue weighted by Crippen LogP contribution is 2.37. The summed E-state index contributed by atoms with van der Waals surface area (Å²) in [7, 11) is 0. The van der Waals surface area contributed by atoms with E-state index in [1.165, 1.54) is 0 Å². The fourth-order valence-corrected chi connectivity index (χ4v) is 3.43. The largest absolute Gasteiger partial charge is 0.337 e. The number of fused-ring (bicyclic) bond motifs is 1. The van der Waals surface area contributed by atoms with Gasteiger partial charge in [0.05, 0.1) is 25.6 Å². The molecule has 2 N–H and O–H groups in total. The van der Waals surface area contributed by atoms with Crippen molar-refractivity contribution < 1.29 is 4.79 Å². The normalized spacial score (nSPS) is 14.1. The molecule has 1 amide bonds. The minimum atomic E-state index is -0.0218. The molecule has 5 nitrogen and oxygen atoms in total. The van der Waals surface area contributed by atoms with E-state index < -0.39 is 0 Å². The lowest BCUT2D eigenvalue weighted by molar-refractivity contribution is -0.117. The lowest BCUT2D eigenvalue weighted by atomic mass is 10.2. The number of carbonyl (C=O) groups is 1. The second kappa shape index (κ2) is 6.02. The van der Waals surface area contributed by atoms with Gasteiger partial charge in [0, 0.05) is 12.1 Å². The second-order valence-corrected chi connectivity index (χ2v) is 7.29. The van der Waals surface area contributed by atoms with E-state index in [-0.39, 0.29) is 11.8 Å². The molecule has 0 bridgehead atoms. The second-order valence-electron chi connectivity index (χ2n) is 5.62. The van der Waals surface area contributed by atoms with E-state index in [4.69, 9.17) is 23.2 Å². The van der Waals surface area contributed by atoms with E-state index in [1.54, 1.807) is 24.4 Å². The van der Waals surface area contributed by atoms with E-state index in [0.717, 1.165) is 22.8 Å². The Bertz CT molecular complexity index is 948. The van der Waals surface area contributed by atoms with Gasteiger partial charge in [0.2, 0.25) is 5.91 Å². The molecule has 4 rings (SSSR count). The number of nitrogens with one attached hydrogen (secondary N) is 2. The Morgan fingerprint density at radius 1 is 1.29 bits per heavy atom. The summed E-state index contributed by atoms with van der Waals surface area (Å²) < 4.78 is 0.740. The Morgan fingerprint density at radius 2 is 2.00 bits per heavy atom. The van der Waals surface area contributed by atoms with Crippen LogP contribution in [0.3, 0.4) is 0 Å². The first-order chi connectivity index (χ1) is 11.5. The summed E-state index contributed by atoms with van der Waals surface area (Å²) in [6.45, 7) is 0. The third-order valence-electron chi connectivity index (χ3n) is 3.86. The number of benzene rings is 1. The van der Waals surface area contributed by atoms with Gasteiger partial charge < -0.3 is 10.3 Å². The molecular weight excluding hydrogens is 415 g/mol. The summed E-state index contributed by atoms with van der Waals surface area (Å²) in [6, 6.07) is 5.27. The van der Waals surface area contributed by atoms with Crippen molar-refractivity contribution in [1.82, 2.24) is 15.0 Å². The van der Waals surface area contributed by atoms with Crippen LogP contribution in [-0.2, 0) is 4.79 Å². The molecule has 122 valence electrons. The van der Waals surface area contributed by atoms with Crippen molar-refractivity contribution in [3.8, 4) is 11.4 Å². The molecule has 2 heterocycles. The van der Waals surface area contributed by atoms with Gasteiger partial charge in [0.25, 0.3) is 0 Å². The van der Waals surface area contributed by atoms with Gasteiger partial charge in [-0.2, -0.15) is 0 Å². The number of aromatic nitrogens is 3. The third kappa shape index (κ3) is 2.79. The molecule has 0 saturated heterocycles. The molecule has 24 heavy (non-hydrogen) atoms. The summed E-state index contributed by atoms with van der Waals surface area (Å²) in [6.07, 6.45) is 3.47. The first-order valence-corrected chi connectivity index (χ1v) is 8.89. The fraction of sp³-hybridized carbons (Fsp3) is 0.188. The Balaban J connectivity index is 1.85. The maximum atomic E-state index is 12.0. The van der Waals surface area contributed by atoms with E-state index in [1.807, 2.05) is 0 Å². The molecule has 1 fully saturated rings. The van der Waals surface area contributed by atoms with E-state index in [0.29, 0.717) is 32.8 Å². The minimum absolute atomic E-state index is 0.0218. The number of pyridine rings is 1. The quantitative estimate of drug-likeness (QED) is 0.617. The topological polar surface area (TPSA) is 70.7 Å². The average molecular weight is 426 g/mol. The molecule has 0 radical (unpaired) electrons. The lowest BCUT2D eigenvalue weighted by Crippen LogP contribution is -2.14. The molecular formula is C16H11BrCl2N4O. The number of hydrogen-bond acceptors (Lipinski definition) is 3. The van der Waals surface area contributed by atoms with Crippen molar-refractivity contribution in [2.24, 2.45) is 5.92 Å². The standard InChI is InChI=1S/C16H11BrCl2N4O/c17-8-6-20-15(23-16(24)7-4-5-7)13-12(8)21-14(22-13)11-9(18)2-1-3-10(11)19/h1-3,6-7H,4-5H2,(H,21,22)(H,20,23,24). The summed E-state index contributed by atoms with van der Waals surface area (Å²) in [5.41, 5.74) is 1.90.